The first-order chi connectivity index (χ1) is 12.1. The quantitative estimate of drug-likeness (QED) is 0.369. The zero-order chi connectivity index (χ0) is 19.4. The summed E-state index contributed by atoms with van der Waals surface area (Å²) in [6, 6.07) is 11.3. The normalized spacial score (nSPS) is 12.7. The molecule has 2 N–H and O–H groups in total. The molecule has 0 amide bonds. The van der Waals surface area contributed by atoms with Gasteiger partial charge in [-0.3, -0.25) is 0 Å². The summed E-state index contributed by atoms with van der Waals surface area (Å²) in [6.07, 6.45) is -4.76. The molecule has 0 saturated heterocycles. The van der Waals surface area contributed by atoms with Crippen molar-refractivity contribution in [1.82, 2.24) is 0 Å². The standard InChI is InChI=1S/C16H13F3N2O4S/c17-16(18,19)13-9-5-4-8-12(13)15(22)25-21-14(20)10-26(23,24)11-6-2-1-3-7-11/h1-9H,10H2,(H2,20,21). The summed E-state index contributed by atoms with van der Waals surface area (Å²) in [5.41, 5.74) is 3.46. The van der Waals surface area contributed by atoms with E-state index in [1.54, 1.807) is 6.07 Å². The van der Waals surface area contributed by atoms with Gasteiger partial charge in [0.25, 0.3) is 0 Å². The molecule has 0 saturated carbocycles. The molecule has 0 bridgehead atoms. The third-order valence-electron chi connectivity index (χ3n) is 3.14. The topological polar surface area (TPSA) is 98.8 Å². The fourth-order valence-electron chi connectivity index (χ4n) is 1.99. The number of hydrogen-bond acceptors (Lipinski definition) is 5. The number of amidine groups is 1. The first-order valence-corrected chi connectivity index (χ1v) is 8.74. The van der Waals surface area contributed by atoms with Crippen LogP contribution in [-0.2, 0) is 20.9 Å². The maximum absolute atomic E-state index is 12.9. The summed E-state index contributed by atoms with van der Waals surface area (Å²) < 4.78 is 62.8. The van der Waals surface area contributed by atoms with Crippen LogP contribution in [-0.4, -0.2) is 26.0 Å². The molecule has 0 radical (unpaired) electrons. The van der Waals surface area contributed by atoms with Gasteiger partial charge in [-0.25, -0.2) is 13.2 Å². The summed E-state index contributed by atoms with van der Waals surface area (Å²) in [4.78, 5) is 16.2. The Hall–Kier alpha value is -2.88. The van der Waals surface area contributed by atoms with E-state index in [-0.39, 0.29) is 4.90 Å². The predicted molar refractivity (Wildman–Crippen MR) is 87.0 cm³/mol. The summed E-state index contributed by atoms with van der Waals surface area (Å²) in [6.45, 7) is 0. The van der Waals surface area contributed by atoms with Crippen molar-refractivity contribution in [1.29, 1.82) is 0 Å². The molecule has 0 aliphatic carbocycles. The molecule has 138 valence electrons. The number of carbonyl (C=O) groups excluding carboxylic acids is 1. The molecule has 6 nitrogen and oxygen atoms in total. The third-order valence-corrected chi connectivity index (χ3v) is 4.80. The highest BCUT2D eigenvalue weighted by Crippen LogP contribution is 2.32. The first-order valence-electron chi connectivity index (χ1n) is 7.09. The lowest BCUT2D eigenvalue weighted by atomic mass is 10.1. The predicted octanol–water partition coefficient (Wildman–Crippen LogP) is 2.61. The van der Waals surface area contributed by atoms with Crippen LogP contribution in [0.2, 0.25) is 0 Å². The molecule has 0 aliphatic heterocycles. The van der Waals surface area contributed by atoms with E-state index in [4.69, 9.17) is 5.73 Å². The highest BCUT2D eigenvalue weighted by molar-refractivity contribution is 7.92. The SMILES string of the molecule is N/C(CS(=O)(=O)c1ccccc1)=N/OC(=O)c1ccccc1C(F)(F)F. The van der Waals surface area contributed by atoms with Gasteiger partial charge in [-0.05, 0) is 24.3 Å². The molecule has 0 aliphatic rings. The van der Waals surface area contributed by atoms with Gasteiger partial charge in [0.05, 0.1) is 16.0 Å². The van der Waals surface area contributed by atoms with Crippen LogP contribution < -0.4 is 5.73 Å². The van der Waals surface area contributed by atoms with Crippen LogP contribution in [0.4, 0.5) is 13.2 Å². The Morgan fingerprint density at radius 1 is 1.04 bits per heavy atom. The Morgan fingerprint density at radius 3 is 2.23 bits per heavy atom. The van der Waals surface area contributed by atoms with Crippen molar-refractivity contribution in [2.24, 2.45) is 10.9 Å². The lowest BCUT2D eigenvalue weighted by Crippen LogP contribution is -2.25. The van der Waals surface area contributed by atoms with Gasteiger partial charge in [0.1, 0.15) is 5.75 Å². The largest absolute Gasteiger partial charge is 0.417 e. The zero-order valence-corrected chi connectivity index (χ0v) is 13.9. The maximum Gasteiger partial charge on any atom is 0.417 e. The van der Waals surface area contributed by atoms with Crippen molar-refractivity contribution < 1.29 is 31.2 Å². The maximum atomic E-state index is 12.9. The number of rotatable bonds is 5. The van der Waals surface area contributed by atoms with Gasteiger partial charge >= 0.3 is 12.1 Å². The van der Waals surface area contributed by atoms with Gasteiger partial charge in [0, 0.05) is 0 Å². The van der Waals surface area contributed by atoms with E-state index in [1.165, 1.54) is 30.3 Å². The molecule has 0 atom stereocenters. The van der Waals surface area contributed by atoms with Crippen LogP contribution in [0.3, 0.4) is 0 Å². The molecule has 26 heavy (non-hydrogen) atoms. The Kier molecular flexibility index (Phi) is 5.66. The molecule has 0 aromatic heterocycles. The minimum absolute atomic E-state index is 0.0214. The Labute approximate surface area is 147 Å². The lowest BCUT2D eigenvalue weighted by Gasteiger charge is -2.10. The van der Waals surface area contributed by atoms with Crippen molar-refractivity contribution in [3.05, 3.63) is 65.7 Å². The van der Waals surface area contributed by atoms with Gasteiger partial charge in [-0.15, -0.1) is 0 Å². The van der Waals surface area contributed by atoms with Crippen molar-refractivity contribution >= 4 is 21.6 Å². The fourth-order valence-corrected chi connectivity index (χ4v) is 3.17. The monoisotopic (exact) mass is 386 g/mol. The van der Waals surface area contributed by atoms with Gasteiger partial charge in [0.2, 0.25) is 0 Å². The second kappa shape index (κ2) is 7.56. The van der Waals surface area contributed by atoms with E-state index in [0.29, 0.717) is 6.07 Å². The number of alkyl halides is 3. The molecule has 10 heteroatoms. The van der Waals surface area contributed by atoms with Gasteiger partial charge < -0.3 is 10.6 Å². The summed E-state index contributed by atoms with van der Waals surface area (Å²) in [5, 5.41) is 3.13. The van der Waals surface area contributed by atoms with Crippen LogP contribution in [0.5, 0.6) is 0 Å². The molecular weight excluding hydrogens is 373 g/mol. The van der Waals surface area contributed by atoms with Gasteiger partial charge in [-0.2, -0.15) is 13.2 Å². The number of nitrogens with zero attached hydrogens (tertiary/aromatic N) is 1. The number of oxime groups is 1. The van der Waals surface area contributed by atoms with Crippen LogP contribution in [0, 0.1) is 0 Å². The zero-order valence-electron chi connectivity index (χ0n) is 13.1. The van der Waals surface area contributed by atoms with E-state index < -0.39 is 44.7 Å². The number of halogens is 3. The first kappa shape index (κ1) is 19.4. The van der Waals surface area contributed by atoms with Crippen molar-refractivity contribution in [3.8, 4) is 0 Å². The third kappa shape index (κ3) is 4.82. The van der Waals surface area contributed by atoms with E-state index in [2.05, 4.69) is 9.99 Å². The molecule has 0 spiro atoms. The second-order valence-corrected chi connectivity index (χ2v) is 7.07. The van der Waals surface area contributed by atoms with Crippen molar-refractivity contribution in [2.45, 2.75) is 11.1 Å². The van der Waals surface area contributed by atoms with E-state index >= 15 is 0 Å². The van der Waals surface area contributed by atoms with E-state index in [9.17, 15) is 26.4 Å². The van der Waals surface area contributed by atoms with Crippen LogP contribution in [0.15, 0.2) is 64.6 Å². The Bertz CT molecular complexity index is 926. The van der Waals surface area contributed by atoms with E-state index in [1.807, 2.05) is 0 Å². The van der Waals surface area contributed by atoms with Crippen LogP contribution >= 0.6 is 0 Å². The average Bonchev–Trinajstić information content (AvgIpc) is 2.59. The van der Waals surface area contributed by atoms with E-state index in [0.717, 1.165) is 12.1 Å². The van der Waals surface area contributed by atoms with Crippen LogP contribution in [0.25, 0.3) is 0 Å². The van der Waals surface area contributed by atoms with Gasteiger partial charge in [0.15, 0.2) is 15.7 Å². The Balaban J connectivity index is 2.14. The molecule has 2 aromatic rings. The fraction of sp³-hybridized carbons (Fsp3) is 0.125. The highest BCUT2D eigenvalue weighted by atomic mass is 32.2. The second-order valence-electron chi connectivity index (χ2n) is 5.08. The number of nitrogens with two attached hydrogens (primary N) is 1. The number of carbonyl (C=O) groups is 1. The molecule has 0 fully saturated rings. The molecule has 2 rings (SSSR count). The van der Waals surface area contributed by atoms with Crippen molar-refractivity contribution in [2.75, 3.05) is 5.75 Å². The summed E-state index contributed by atoms with van der Waals surface area (Å²) >= 11 is 0. The number of sulfone groups is 1. The number of benzene rings is 2. The molecule has 2 aromatic carbocycles. The Morgan fingerprint density at radius 2 is 1.62 bits per heavy atom. The summed E-state index contributed by atoms with van der Waals surface area (Å²) in [7, 11) is -3.83. The lowest BCUT2D eigenvalue weighted by molar-refractivity contribution is -0.138. The molecule has 0 unspecified atom stereocenters. The highest BCUT2D eigenvalue weighted by Gasteiger charge is 2.35. The summed E-state index contributed by atoms with van der Waals surface area (Å²) in [5.74, 6) is -2.74. The minimum atomic E-state index is -4.76. The molecular formula is C16H13F3N2O4S. The average molecular weight is 386 g/mol. The van der Waals surface area contributed by atoms with Gasteiger partial charge in [-0.1, -0.05) is 35.5 Å². The smallest absolute Gasteiger partial charge is 0.384 e. The number of hydrogen-bond donors (Lipinski definition) is 1. The molecule has 0 heterocycles. The van der Waals surface area contributed by atoms with Crippen molar-refractivity contribution in [3.63, 3.8) is 0 Å². The minimum Gasteiger partial charge on any atom is -0.384 e. The van der Waals surface area contributed by atoms with Crippen LogP contribution in [0.1, 0.15) is 15.9 Å².